The van der Waals surface area contributed by atoms with Crippen molar-refractivity contribution in [2.75, 3.05) is 12.0 Å². The van der Waals surface area contributed by atoms with Crippen molar-refractivity contribution in [1.82, 2.24) is 9.55 Å². The average Bonchev–Trinajstić information content (AvgIpc) is 3.00. The first-order valence-corrected chi connectivity index (χ1v) is 11.3. The molecule has 0 saturated carbocycles. The Balaban J connectivity index is 2.13. The average molecular weight is 458 g/mol. The lowest BCUT2D eigenvalue weighted by Gasteiger charge is -2.15. The zero-order valence-corrected chi connectivity index (χ0v) is 17.8. The molecule has 0 aliphatic carbocycles. The summed E-state index contributed by atoms with van der Waals surface area (Å²) >= 11 is 18.4. The fraction of sp³-hybridized carbons (Fsp3) is 0.158. The molecule has 0 N–H and O–H groups in total. The van der Waals surface area contributed by atoms with E-state index >= 15 is 0 Å². The Kier molecular flexibility index (Phi) is 6.15. The highest BCUT2D eigenvalue weighted by atomic mass is 35.5. The Morgan fingerprint density at radius 1 is 1.04 bits per heavy atom. The van der Waals surface area contributed by atoms with Crippen LogP contribution in [-0.2, 0) is 16.4 Å². The van der Waals surface area contributed by atoms with Crippen LogP contribution in [-0.4, -0.2) is 35.8 Å². The van der Waals surface area contributed by atoms with E-state index in [9.17, 15) is 13.2 Å². The maximum atomic E-state index is 12.6. The van der Waals surface area contributed by atoms with Gasteiger partial charge >= 0.3 is 0 Å². The van der Waals surface area contributed by atoms with Crippen LogP contribution in [0.25, 0.3) is 11.3 Å². The second-order valence-corrected chi connectivity index (χ2v) is 9.73. The zero-order valence-electron chi connectivity index (χ0n) is 14.7. The third kappa shape index (κ3) is 4.94. The van der Waals surface area contributed by atoms with Crippen molar-refractivity contribution in [2.24, 2.45) is 0 Å². The zero-order chi connectivity index (χ0) is 20.5. The first kappa shape index (κ1) is 20.9. The number of aromatic nitrogens is 2. The van der Waals surface area contributed by atoms with Crippen LogP contribution >= 0.6 is 34.8 Å². The van der Waals surface area contributed by atoms with Gasteiger partial charge in [0, 0.05) is 40.8 Å². The lowest BCUT2D eigenvalue weighted by Crippen LogP contribution is -2.19. The van der Waals surface area contributed by atoms with Gasteiger partial charge < -0.3 is 4.57 Å². The predicted molar refractivity (Wildman–Crippen MR) is 112 cm³/mol. The number of halogens is 3. The number of pyridine rings is 1. The number of hydrogen-bond donors (Lipinski definition) is 0. The smallest absolute Gasteiger partial charge is 0.194 e. The Labute approximate surface area is 177 Å². The molecule has 0 spiro atoms. The van der Waals surface area contributed by atoms with Gasteiger partial charge in [-0.05, 0) is 42.0 Å². The third-order valence-corrected chi connectivity index (χ3v) is 5.59. The normalized spacial score (nSPS) is 11.6. The van der Waals surface area contributed by atoms with Crippen molar-refractivity contribution in [3.05, 3.63) is 75.1 Å². The van der Waals surface area contributed by atoms with Crippen LogP contribution in [0.15, 0.2) is 48.8 Å². The SMILES string of the molecule is CS(=O)(=O)CC(=O)c1ccc(-c2cncc(Cl)c2)n1Cc1cc(Cl)ccc1Cl. The minimum atomic E-state index is -3.48. The Hall–Kier alpha value is -1.86. The van der Waals surface area contributed by atoms with Gasteiger partial charge in [-0.1, -0.05) is 34.8 Å². The Morgan fingerprint density at radius 2 is 1.79 bits per heavy atom. The third-order valence-electron chi connectivity index (χ3n) is 4.00. The molecule has 146 valence electrons. The van der Waals surface area contributed by atoms with Crippen molar-refractivity contribution in [1.29, 1.82) is 0 Å². The van der Waals surface area contributed by atoms with Crippen molar-refractivity contribution in [2.45, 2.75) is 6.54 Å². The molecule has 0 fully saturated rings. The summed E-state index contributed by atoms with van der Waals surface area (Å²) in [5, 5.41) is 1.42. The summed E-state index contributed by atoms with van der Waals surface area (Å²) in [6, 6.07) is 10.1. The van der Waals surface area contributed by atoms with Crippen LogP contribution in [0.5, 0.6) is 0 Å². The molecule has 2 aromatic heterocycles. The first-order chi connectivity index (χ1) is 13.1. The van der Waals surface area contributed by atoms with E-state index in [-0.39, 0.29) is 12.2 Å². The number of Topliss-reactive ketones (excluding diaryl/α,β-unsaturated/α-hetero) is 1. The molecule has 0 atom stereocenters. The molecule has 0 amide bonds. The van der Waals surface area contributed by atoms with Gasteiger partial charge in [0.25, 0.3) is 0 Å². The van der Waals surface area contributed by atoms with E-state index in [1.54, 1.807) is 47.2 Å². The summed E-state index contributed by atoms with van der Waals surface area (Å²) in [6.45, 7) is 0.221. The lowest BCUT2D eigenvalue weighted by molar-refractivity contribution is 0.101. The van der Waals surface area contributed by atoms with Crippen LogP contribution in [0.4, 0.5) is 0 Å². The number of sulfone groups is 1. The highest BCUT2D eigenvalue weighted by Crippen LogP contribution is 2.28. The number of rotatable bonds is 6. The Bertz CT molecular complexity index is 1160. The minimum Gasteiger partial charge on any atom is -0.333 e. The van der Waals surface area contributed by atoms with Gasteiger partial charge in [0.1, 0.15) is 5.75 Å². The molecule has 9 heteroatoms. The standard InChI is InChI=1S/C19H15Cl3N2O3S/c1-28(26,27)11-19(25)18-5-4-17(12-6-15(21)9-23-8-12)24(18)10-13-7-14(20)2-3-16(13)22/h2-9H,10-11H2,1H3. The van der Waals surface area contributed by atoms with E-state index in [0.29, 0.717) is 31.9 Å². The van der Waals surface area contributed by atoms with E-state index in [2.05, 4.69) is 4.98 Å². The van der Waals surface area contributed by atoms with Crippen molar-refractivity contribution < 1.29 is 13.2 Å². The lowest BCUT2D eigenvalue weighted by atomic mass is 10.2. The Morgan fingerprint density at radius 3 is 2.46 bits per heavy atom. The maximum absolute atomic E-state index is 12.6. The maximum Gasteiger partial charge on any atom is 0.194 e. The van der Waals surface area contributed by atoms with Crippen LogP contribution in [0, 0.1) is 0 Å². The second-order valence-electron chi connectivity index (χ2n) is 6.31. The predicted octanol–water partition coefficient (Wildman–Crippen LogP) is 4.79. The van der Waals surface area contributed by atoms with E-state index in [1.807, 2.05) is 0 Å². The molecule has 2 heterocycles. The fourth-order valence-electron chi connectivity index (χ4n) is 2.83. The van der Waals surface area contributed by atoms with Gasteiger partial charge in [0.2, 0.25) is 0 Å². The molecule has 0 aliphatic heterocycles. The molecule has 0 aliphatic rings. The van der Waals surface area contributed by atoms with Gasteiger partial charge in [0.15, 0.2) is 15.6 Å². The minimum absolute atomic E-state index is 0.221. The number of ketones is 1. The molecule has 3 aromatic rings. The molecule has 0 bridgehead atoms. The number of carbonyl (C=O) groups excluding carboxylic acids is 1. The highest BCUT2D eigenvalue weighted by molar-refractivity contribution is 7.91. The van der Waals surface area contributed by atoms with Gasteiger partial charge in [-0.2, -0.15) is 0 Å². The van der Waals surface area contributed by atoms with Crippen LogP contribution in [0.3, 0.4) is 0 Å². The fourth-order valence-corrected chi connectivity index (χ4v) is 4.00. The van der Waals surface area contributed by atoms with Gasteiger partial charge in [-0.3, -0.25) is 9.78 Å². The summed E-state index contributed by atoms with van der Waals surface area (Å²) in [7, 11) is -3.48. The topological polar surface area (TPSA) is 69.0 Å². The molecule has 1 aromatic carbocycles. The highest BCUT2D eigenvalue weighted by Gasteiger charge is 2.21. The molecule has 0 saturated heterocycles. The molecule has 0 radical (unpaired) electrons. The number of hydrogen-bond acceptors (Lipinski definition) is 4. The van der Waals surface area contributed by atoms with E-state index in [0.717, 1.165) is 6.26 Å². The summed E-state index contributed by atoms with van der Waals surface area (Å²) in [5.41, 5.74) is 2.28. The van der Waals surface area contributed by atoms with Crippen molar-refractivity contribution >= 4 is 50.4 Å². The monoisotopic (exact) mass is 456 g/mol. The largest absolute Gasteiger partial charge is 0.333 e. The molecule has 28 heavy (non-hydrogen) atoms. The van der Waals surface area contributed by atoms with E-state index in [1.165, 1.54) is 6.20 Å². The van der Waals surface area contributed by atoms with Gasteiger partial charge in [-0.25, -0.2) is 8.42 Å². The summed E-state index contributed by atoms with van der Waals surface area (Å²) in [6.07, 6.45) is 4.14. The van der Waals surface area contributed by atoms with Gasteiger partial charge in [0.05, 0.1) is 16.4 Å². The van der Waals surface area contributed by atoms with Crippen LogP contribution < -0.4 is 0 Å². The molecular weight excluding hydrogens is 443 g/mol. The van der Waals surface area contributed by atoms with Crippen LogP contribution in [0.2, 0.25) is 15.1 Å². The second kappa shape index (κ2) is 8.25. The quantitative estimate of drug-likeness (QED) is 0.499. The van der Waals surface area contributed by atoms with E-state index < -0.39 is 21.4 Å². The summed E-state index contributed by atoms with van der Waals surface area (Å²) < 4.78 is 24.9. The molecule has 0 unspecified atom stereocenters. The number of benzene rings is 1. The van der Waals surface area contributed by atoms with Crippen molar-refractivity contribution in [3.8, 4) is 11.3 Å². The first-order valence-electron chi connectivity index (χ1n) is 8.09. The molecular formula is C19H15Cl3N2O3S. The summed E-state index contributed by atoms with van der Waals surface area (Å²) in [5.74, 6) is -1.10. The van der Waals surface area contributed by atoms with Crippen LogP contribution in [0.1, 0.15) is 16.1 Å². The number of carbonyl (C=O) groups is 1. The summed E-state index contributed by atoms with van der Waals surface area (Å²) in [4.78, 5) is 16.7. The van der Waals surface area contributed by atoms with Gasteiger partial charge in [-0.15, -0.1) is 0 Å². The molecule has 3 rings (SSSR count). The van der Waals surface area contributed by atoms with Crippen molar-refractivity contribution in [3.63, 3.8) is 0 Å². The molecule has 5 nitrogen and oxygen atoms in total. The van der Waals surface area contributed by atoms with E-state index in [4.69, 9.17) is 34.8 Å². The number of nitrogens with zero attached hydrogens (tertiary/aromatic N) is 2.